The topological polar surface area (TPSA) is 64.8 Å². The van der Waals surface area contributed by atoms with Gasteiger partial charge in [-0.05, 0) is 12.5 Å². The van der Waals surface area contributed by atoms with Gasteiger partial charge in [0.05, 0.1) is 0 Å². The van der Waals surface area contributed by atoms with Gasteiger partial charge in [-0.3, -0.25) is 4.79 Å². The largest absolute Gasteiger partial charge is 0.377 e. The summed E-state index contributed by atoms with van der Waals surface area (Å²) in [5.41, 5.74) is 5.51. The third-order valence-electron chi connectivity index (χ3n) is 3.10. The van der Waals surface area contributed by atoms with Crippen LogP contribution in [0.3, 0.4) is 0 Å². The minimum atomic E-state index is -0.0119. The highest BCUT2D eigenvalue weighted by Gasteiger charge is 2.35. The molecule has 0 aromatic heterocycles. The Balaban J connectivity index is 2.47. The van der Waals surface area contributed by atoms with Crippen molar-refractivity contribution in [1.29, 1.82) is 0 Å². The fraction of sp³-hybridized carbons (Fsp3) is 0.909. The van der Waals surface area contributed by atoms with E-state index in [1.807, 2.05) is 6.92 Å². The van der Waals surface area contributed by atoms with Gasteiger partial charge in [0, 0.05) is 33.7 Å². The maximum absolute atomic E-state index is 11.9. The van der Waals surface area contributed by atoms with Crippen molar-refractivity contribution in [3.8, 4) is 0 Å². The van der Waals surface area contributed by atoms with Crippen LogP contribution < -0.4 is 5.73 Å². The van der Waals surface area contributed by atoms with Gasteiger partial charge in [0.15, 0.2) is 0 Å². The number of hydrogen-bond acceptors (Lipinski definition) is 4. The molecular formula is C11H22N2O3. The second-order valence-corrected chi connectivity index (χ2v) is 4.39. The van der Waals surface area contributed by atoms with Gasteiger partial charge >= 0.3 is 0 Å². The zero-order valence-electron chi connectivity index (χ0n) is 10.3. The van der Waals surface area contributed by atoms with E-state index < -0.39 is 0 Å². The summed E-state index contributed by atoms with van der Waals surface area (Å²) in [6, 6.07) is 0. The van der Waals surface area contributed by atoms with Crippen LogP contribution in [0.5, 0.6) is 0 Å². The minimum Gasteiger partial charge on any atom is -0.377 e. The summed E-state index contributed by atoms with van der Waals surface area (Å²) in [5.74, 6) is 0.370. The Kier molecular flexibility index (Phi) is 5.18. The summed E-state index contributed by atoms with van der Waals surface area (Å²) < 4.78 is 10.6. The predicted molar refractivity (Wildman–Crippen MR) is 61.0 cm³/mol. The zero-order chi connectivity index (χ0) is 12.1. The van der Waals surface area contributed by atoms with E-state index in [1.54, 1.807) is 19.1 Å². The lowest BCUT2D eigenvalue weighted by Crippen LogP contribution is -2.32. The number of hydrogen-bond donors (Lipinski definition) is 1. The summed E-state index contributed by atoms with van der Waals surface area (Å²) in [4.78, 5) is 13.7. The van der Waals surface area contributed by atoms with Gasteiger partial charge in [0.25, 0.3) is 0 Å². The first kappa shape index (κ1) is 13.4. The number of amides is 1. The molecule has 1 saturated heterocycles. The van der Waals surface area contributed by atoms with E-state index in [9.17, 15) is 4.79 Å². The number of likely N-dealkylation sites (tertiary alicyclic amines) is 1. The van der Waals surface area contributed by atoms with Crippen LogP contribution in [-0.4, -0.2) is 56.9 Å². The summed E-state index contributed by atoms with van der Waals surface area (Å²) in [7, 11) is 3.29. The monoisotopic (exact) mass is 230 g/mol. The van der Waals surface area contributed by atoms with Crippen LogP contribution in [0.1, 0.15) is 13.3 Å². The van der Waals surface area contributed by atoms with Gasteiger partial charge < -0.3 is 20.1 Å². The van der Waals surface area contributed by atoms with Gasteiger partial charge in [-0.2, -0.15) is 0 Å². The van der Waals surface area contributed by atoms with Crippen LogP contribution >= 0.6 is 0 Å². The molecule has 1 rings (SSSR count). The van der Waals surface area contributed by atoms with Crippen LogP contribution in [-0.2, 0) is 14.3 Å². The average Bonchev–Trinajstić information content (AvgIpc) is 2.71. The Bertz CT molecular complexity index is 223. The van der Waals surface area contributed by atoms with E-state index in [0.29, 0.717) is 26.1 Å². The zero-order valence-corrected chi connectivity index (χ0v) is 10.3. The molecule has 0 bridgehead atoms. The van der Waals surface area contributed by atoms with Crippen molar-refractivity contribution in [2.75, 3.05) is 33.9 Å². The number of carbonyl (C=O) groups excluding carboxylic acids is 1. The summed E-state index contributed by atoms with van der Waals surface area (Å²) in [5, 5.41) is 0. The maximum Gasteiger partial charge on any atom is 0.223 e. The second-order valence-electron chi connectivity index (χ2n) is 4.39. The van der Waals surface area contributed by atoms with E-state index >= 15 is 0 Å². The van der Waals surface area contributed by atoms with E-state index in [-0.39, 0.29) is 24.0 Å². The summed E-state index contributed by atoms with van der Waals surface area (Å²) in [6.07, 6.45) is 0.480. The lowest BCUT2D eigenvalue weighted by Gasteiger charge is -2.17. The Labute approximate surface area is 96.9 Å². The van der Waals surface area contributed by atoms with Crippen LogP contribution in [0.25, 0.3) is 0 Å². The smallest absolute Gasteiger partial charge is 0.223 e. The molecule has 1 heterocycles. The Morgan fingerprint density at radius 1 is 1.38 bits per heavy atom. The third-order valence-corrected chi connectivity index (χ3v) is 3.10. The summed E-state index contributed by atoms with van der Waals surface area (Å²) in [6.45, 7) is 3.76. The highest BCUT2D eigenvalue weighted by Crippen LogP contribution is 2.17. The molecule has 5 heteroatoms. The van der Waals surface area contributed by atoms with Gasteiger partial charge in [0.2, 0.25) is 5.91 Å². The number of nitrogens with two attached hydrogens (primary N) is 1. The molecule has 3 atom stereocenters. The molecule has 16 heavy (non-hydrogen) atoms. The summed E-state index contributed by atoms with van der Waals surface area (Å²) >= 11 is 0. The normalized spacial score (nSPS) is 27.1. The van der Waals surface area contributed by atoms with Crippen molar-refractivity contribution in [2.24, 2.45) is 11.7 Å². The second kappa shape index (κ2) is 6.18. The fourth-order valence-corrected chi connectivity index (χ4v) is 1.91. The molecule has 3 unspecified atom stereocenters. The van der Waals surface area contributed by atoms with Gasteiger partial charge in [-0.15, -0.1) is 0 Å². The van der Waals surface area contributed by atoms with Crippen molar-refractivity contribution >= 4 is 5.91 Å². The standard InChI is InChI=1S/C11H22N2O3/c1-8(5-12)4-11(14)13-6-9(15-2)10(7-13)16-3/h8-10H,4-7,12H2,1-3H3. The molecular weight excluding hydrogens is 208 g/mol. The molecule has 1 fully saturated rings. The van der Waals surface area contributed by atoms with Crippen LogP contribution in [0.2, 0.25) is 0 Å². The molecule has 1 aliphatic rings. The number of carbonyl (C=O) groups is 1. The highest BCUT2D eigenvalue weighted by molar-refractivity contribution is 5.76. The third kappa shape index (κ3) is 3.17. The van der Waals surface area contributed by atoms with Crippen molar-refractivity contribution in [3.63, 3.8) is 0 Å². The molecule has 0 radical (unpaired) electrons. The Hall–Kier alpha value is -0.650. The number of rotatable bonds is 5. The molecule has 0 saturated carbocycles. The van der Waals surface area contributed by atoms with Crippen LogP contribution in [0, 0.1) is 5.92 Å². The van der Waals surface area contributed by atoms with Crippen molar-refractivity contribution < 1.29 is 14.3 Å². The lowest BCUT2D eigenvalue weighted by molar-refractivity contribution is -0.131. The average molecular weight is 230 g/mol. The number of methoxy groups -OCH3 is 2. The molecule has 0 aliphatic carbocycles. The first-order valence-electron chi connectivity index (χ1n) is 5.65. The van der Waals surface area contributed by atoms with Crippen molar-refractivity contribution in [2.45, 2.75) is 25.6 Å². The van der Waals surface area contributed by atoms with Crippen LogP contribution in [0.15, 0.2) is 0 Å². The molecule has 1 aliphatic heterocycles. The molecule has 0 spiro atoms. The van der Waals surface area contributed by atoms with Crippen molar-refractivity contribution in [1.82, 2.24) is 4.90 Å². The van der Waals surface area contributed by atoms with E-state index in [4.69, 9.17) is 15.2 Å². The van der Waals surface area contributed by atoms with Gasteiger partial charge in [0.1, 0.15) is 12.2 Å². The SMILES string of the molecule is COC1CN(C(=O)CC(C)CN)CC1OC. The van der Waals surface area contributed by atoms with Crippen LogP contribution in [0.4, 0.5) is 0 Å². The minimum absolute atomic E-state index is 0.0119. The van der Waals surface area contributed by atoms with Gasteiger partial charge in [-0.1, -0.05) is 6.92 Å². The first-order chi connectivity index (χ1) is 7.62. The Morgan fingerprint density at radius 3 is 2.25 bits per heavy atom. The molecule has 2 N–H and O–H groups in total. The molecule has 94 valence electrons. The maximum atomic E-state index is 11.9. The molecule has 5 nitrogen and oxygen atoms in total. The first-order valence-corrected chi connectivity index (χ1v) is 5.65. The fourth-order valence-electron chi connectivity index (χ4n) is 1.91. The Morgan fingerprint density at radius 2 is 1.88 bits per heavy atom. The van der Waals surface area contributed by atoms with E-state index in [1.165, 1.54) is 0 Å². The molecule has 0 aromatic rings. The van der Waals surface area contributed by atoms with E-state index in [0.717, 1.165) is 0 Å². The number of nitrogens with zero attached hydrogens (tertiary/aromatic N) is 1. The quantitative estimate of drug-likeness (QED) is 0.713. The van der Waals surface area contributed by atoms with E-state index in [2.05, 4.69) is 0 Å². The molecule has 1 amide bonds. The lowest BCUT2D eigenvalue weighted by atomic mass is 10.1. The number of ether oxygens (including phenoxy) is 2. The highest BCUT2D eigenvalue weighted by atomic mass is 16.5. The van der Waals surface area contributed by atoms with Gasteiger partial charge in [-0.25, -0.2) is 0 Å². The van der Waals surface area contributed by atoms with Crippen molar-refractivity contribution in [3.05, 3.63) is 0 Å². The molecule has 0 aromatic carbocycles. The predicted octanol–water partition coefficient (Wildman–Crippen LogP) is -0.156.